The van der Waals surface area contributed by atoms with Crippen LogP contribution in [0.1, 0.15) is 19.3 Å². The van der Waals surface area contributed by atoms with E-state index >= 15 is 4.39 Å². The molecule has 0 radical (unpaired) electrons. The second kappa shape index (κ2) is 23.1. The fraction of sp³-hybridized carbons (Fsp3) is 0.579. The van der Waals surface area contributed by atoms with Crippen molar-refractivity contribution in [3.63, 3.8) is 0 Å². The number of ether oxygens (including phenoxy) is 3. The van der Waals surface area contributed by atoms with Crippen molar-refractivity contribution in [1.29, 1.82) is 0 Å². The molecule has 2 aliphatic heterocycles. The van der Waals surface area contributed by atoms with E-state index in [1.54, 1.807) is 6.07 Å². The number of amides is 1. The number of nitrogens with one attached hydrogen (secondary N) is 3. The highest BCUT2D eigenvalue weighted by molar-refractivity contribution is 8.13. The molecular formula is C38H55ClF2N10O4S. The number of piperazine rings is 2. The van der Waals surface area contributed by atoms with Crippen LogP contribution in [0.4, 0.5) is 14.6 Å². The first-order valence-electron chi connectivity index (χ1n) is 19.3. The zero-order valence-electron chi connectivity index (χ0n) is 32.4. The van der Waals surface area contributed by atoms with Gasteiger partial charge in [0.15, 0.2) is 11.0 Å². The van der Waals surface area contributed by atoms with Crippen LogP contribution >= 0.6 is 23.4 Å². The van der Waals surface area contributed by atoms with Crippen molar-refractivity contribution < 1.29 is 27.8 Å². The summed E-state index contributed by atoms with van der Waals surface area (Å²) < 4.78 is 48.4. The summed E-state index contributed by atoms with van der Waals surface area (Å²) in [7, 11) is 3.39. The van der Waals surface area contributed by atoms with Crippen LogP contribution in [0, 0.1) is 11.6 Å². The number of hydrogen-bond acceptors (Lipinski definition) is 13. The molecular weight excluding hydrogens is 766 g/mol. The number of carbonyl (C=O) groups excluding carboxylic acids is 1. The predicted molar refractivity (Wildman–Crippen MR) is 219 cm³/mol. The third-order valence-corrected chi connectivity index (χ3v) is 10.8. The Labute approximate surface area is 337 Å². The number of amidine groups is 1. The molecule has 0 spiro atoms. The number of hydrogen-bond donors (Lipinski definition) is 4. The van der Waals surface area contributed by atoms with Crippen LogP contribution in [0.25, 0.3) is 22.0 Å². The maximum Gasteiger partial charge on any atom is 0.319 e. The van der Waals surface area contributed by atoms with E-state index in [0.29, 0.717) is 75.9 Å². The summed E-state index contributed by atoms with van der Waals surface area (Å²) in [5.74, 6) is -0.603. The van der Waals surface area contributed by atoms with Crippen LogP contribution in [0.3, 0.4) is 0 Å². The van der Waals surface area contributed by atoms with Gasteiger partial charge in [0.1, 0.15) is 17.2 Å². The normalized spacial score (nSPS) is 15.8. The Morgan fingerprint density at radius 1 is 0.964 bits per heavy atom. The minimum atomic E-state index is -0.638. The highest BCUT2D eigenvalue weighted by Crippen LogP contribution is 2.40. The fourth-order valence-electron chi connectivity index (χ4n) is 6.47. The quantitative estimate of drug-likeness (QED) is 0.0539. The molecule has 2 aliphatic rings. The van der Waals surface area contributed by atoms with E-state index in [1.165, 1.54) is 25.2 Å². The Kier molecular flexibility index (Phi) is 18.0. The van der Waals surface area contributed by atoms with E-state index in [0.717, 1.165) is 83.5 Å². The van der Waals surface area contributed by atoms with Gasteiger partial charge in [0, 0.05) is 110 Å². The maximum atomic E-state index is 16.6. The van der Waals surface area contributed by atoms with Gasteiger partial charge in [0.2, 0.25) is 5.91 Å². The van der Waals surface area contributed by atoms with Gasteiger partial charge >= 0.3 is 6.01 Å². The minimum Gasteiger partial charge on any atom is -0.463 e. The first-order chi connectivity index (χ1) is 27.3. The summed E-state index contributed by atoms with van der Waals surface area (Å²) in [5, 5.41) is 10.0. The number of nitrogens with zero attached hydrogens (tertiary/aromatic N) is 6. The fourth-order valence-corrected chi connectivity index (χ4v) is 7.44. The van der Waals surface area contributed by atoms with Crippen molar-refractivity contribution in [3.8, 4) is 17.1 Å². The summed E-state index contributed by atoms with van der Waals surface area (Å²) >= 11 is 7.70. The second-order valence-corrected chi connectivity index (χ2v) is 15.0. The largest absolute Gasteiger partial charge is 0.463 e. The molecule has 3 heterocycles. The maximum absolute atomic E-state index is 16.6. The van der Waals surface area contributed by atoms with E-state index in [-0.39, 0.29) is 38.1 Å². The van der Waals surface area contributed by atoms with Crippen molar-refractivity contribution in [3.05, 3.63) is 40.9 Å². The first-order valence-corrected chi connectivity index (χ1v) is 20.5. The van der Waals surface area contributed by atoms with E-state index in [4.69, 9.17) is 36.5 Å². The lowest BCUT2D eigenvalue weighted by atomic mass is 10.0. The topological polar surface area (TPSA) is 155 Å². The Morgan fingerprint density at radius 2 is 1.66 bits per heavy atom. The minimum absolute atomic E-state index is 0.0242. The Bertz CT molecular complexity index is 1750. The number of benzene rings is 2. The SMILES string of the molecule is C/N=C(/N)Sc1cc(-c2c(Cl)cc3c(N4CCNCC4)nc(OCCCN4CCN(CCCOCCC(=O)NCCOCCNC)CC4)nc3c2F)ccc1F. The van der Waals surface area contributed by atoms with Crippen LogP contribution in [0.15, 0.2) is 34.2 Å². The summed E-state index contributed by atoms with van der Waals surface area (Å²) in [6.45, 7) is 12.4. The second-order valence-electron chi connectivity index (χ2n) is 13.5. The molecule has 0 aliphatic carbocycles. The molecule has 5 N–H and O–H groups in total. The zero-order valence-corrected chi connectivity index (χ0v) is 34.0. The Morgan fingerprint density at radius 3 is 2.38 bits per heavy atom. The highest BCUT2D eigenvalue weighted by atomic mass is 35.5. The van der Waals surface area contributed by atoms with Crippen LogP contribution in [-0.4, -0.2) is 157 Å². The van der Waals surface area contributed by atoms with E-state index in [9.17, 15) is 9.18 Å². The van der Waals surface area contributed by atoms with Crippen molar-refractivity contribution in [2.75, 3.05) is 131 Å². The summed E-state index contributed by atoms with van der Waals surface area (Å²) in [6.07, 6.45) is 2.02. The van der Waals surface area contributed by atoms with E-state index in [2.05, 4.69) is 40.6 Å². The molecule has 1 aromatic heterocycles. The summed E-state index contributed by atoms with van der Waals surface area (Å²) in [4.78, 5) is 32.3. The molecule has 2 fully saturated rings. The Hall–Kier alpha value is -3.42. The molecule has 2 aromatic carbocycles. The molecule has 308 valence electrons. The van der Waals surface area contributed by atoms with Crippen LogP contribution in [-0.2, 0) is 14.3 Å². The number of halogens is 3. The average molecular weight is 821 g/mol. The van der Waals surface area contributed by atoms with Gasteiger partial charge in [-0.15, -0.1) is 0 Å². The number of rotatable bonds is 21. The molecule has 0 saturated carbocycles. The van der Waals surface area contributed by atoms with Crippen molar-refractivity contribution >= 4 is 51.2 Å². The Balaban J connectivity index is 1.10. The van der Waals surface area contributed by atoms with Crippen LogP contribution in [0.2, 0.25) is 5.02 Å². The van der Waals surface area contributed by atoms with Gasteiger partial charge in [-0.1, -0.05) is 17.7 Å². The number of carbonyl (C=O) groups is 1. The van der Waals surface area contributed by atoms with Crippen LogP contribution < -0.4 is 31.3 Å². The average Bonchev–Trinajstić information content (AvgIpc) is 3.21. The molecule has 2 saturated heterocycles. The lowest BCUT2D eigenvalue weighted by Gasteiger charge is -2.34. The molecule has 1 amide bonds. The van der Waals surface area contributed by atoms with Gasteiger partial charge in [-0.2, -0.15) is 9.97 Å². The lowest BCUT2D eigenvalue weighted by Crippen LogP contribution is -2.47. The van der Waals surface area contributed by atoms with Crippen molar-refractivity contribution in [2.45, 2.75) is 24.2 Å². The lowest BCUT2D eigenvalue weighted by molar-refractivity contribution is -0.122. The van der Waals surface area contributed by atoms with Gasteiger partial charge in [0.05, 0.1) is 36.3 Å². The monoisotopic (exact) mass is 820 g/mol. The molecule has 14 nitrogen and oxygen atoms in total. The van der Waals surface area contributed by atoms with E-state index < -0.39 is 11.6 Å². The number of likely N-dealkylation sites (N-methyl/N-ethyl adjacent to an activating group) is 1. The molecule has 56 heavy (non-hydrogen) atoms. The summed E-state index contributed by atoms with van der Waals surface area (Å²) in [6, 6.07) is 6.02. The third-order valence-electron chi connectivity index (χ3n) is 9.53. The van der Waals surface area contributed by atoms with E-state index in [1.807, 2.05) is 7.05 Å². The van der Waals surface area contributed by atoms with Gasteiger partial charge in [-0.3, -0.25) is 9.79 Å². The first kappa shape index (κ1) is 43.7. The van der Waals surface area contributed by atoms with Gasteiger partial charge in [0.25, 0.3) is 0 Å². The summed E-state index contributed by atoms with van der Waals surface area (Å²) in [5.41, 5.74) is 6.41. The molecule has 0 bridgehead atoms. The van der Waals surface area contributed by atoms with Gasteiger partial charge in [-0.25, -0.2) is 8.78 Å². The number of anilines is 1. The number of thioether (sulfide) groups is 1. The standard InChI is InChI=1S/C38H55ClF2N10O4S/c1-43-10-23-54-24-11-46-32(52)7-22-53-20-3-12-49-16-18-50(19-17-49)13-4-21-55-38-47-35-28(36(48-38)51-14-8-45-9-15-51)26-29(39)33(34(35)41)27-5-6-30(40)31(25-27)56-37(42)44-2/h5-6,25-26,43,45H,3-4,7-24H2,1-2H3,(H2,42,44)(H,46,52). The number of aliphatic imine (C=N–C) groups is 1. The molecule has 3 aromatic rings. The number of aromatic nitrogens is 2. The predicted octanol–water partition coefficient (Wildman–Crippen LogP) is 3.21. The number of nitrogens with two attached hydrogens (primary N) is 1. The molecule has 18 heteroatoms. The highest BCUT2D eigenvalue weighted by Gasteiger charge is 2.24. The molecule has 0 unspecified atom stereocenters. The smallest absolute Gasteiger partial charge is 0.319 e. The van der Waals surface area contributed by atoms with Crippen molar-refractivity contribution in [2.24, 2.45) is 10.7 Å². The van der Waals surface area contributed by atoms with Crippen LogP contribution in [0.5, 0.6) is 6.01 Å². The molecule has 5 rings (SSSR count). The van der Waals surface area contributed by atoms with Crippen molar-refractivity contribution in [1.82, 2.24) is 35.7 Å². The molecule has 0 atom stereocenters. The zero-order chi connectivity index (χ0) is 39.7. The third kappa shape index (κ3) is 13.1. The number of fused-ring (bicyclic) bond motifs is 1. The van der Waals surface area contributed by atoms with Gasteiger partial charge in [-0.05, 0) is 55.4 Å². The van der Waals surface area contributed by atoms with Gasteiger partial charge < -0.3 is 50.6 Å².